The molecule has 2 atom stereocenters. The van der Waals surface area contributed by atoms with E-state index < -0.39 is 6.10 Å². The molecule has 0 aliphatic carbocycles. The third-order valence-corrected chi connectivity index (χ3v) is 6.27. The third-order valence-electron chi connectivity index (χ3n) is 6.27. The van der Waals surface area contributed by atoms with E-state index in [-0.39, 0.29) is 29.6 Å². The van der Waals surface area contributed by atoms with Crippen LogP contribution in [0.3, 0.4) is 0 Å². The van der Waals surface area contributed by atoms with E-state index in [1.165, 1.54) is 12.1 Å². The first kappa shape index (κ1) is 24.2. The van der Waals surface area contributed by atoms with Crippen LogP contribution in [0.25, 0.3) is 0 Å². The Labute approximate surface area is 199 Å². The van der Waals surface area contributed by atoms with Gasteiger partial charge in [0, 0.05) is 25.6 Å². The van der Waals surface area contributed by atoms with Crippen molar-refractivity contribution in [1.29, 1.82) is 0 Å². The number of halogens is 1. The number of carbonyl (C=O) groups is 2. The number of fused-ring (bicyclic) bond motifs is 1. The molecule has 0 aromatic heterocycles. The van der Waals surface area contributed by atoms with Gasteiger partial charge in [0.15, 0.2) is 6.10 Å². The number of hydrazine groups is 1. The Bertz CT molecular complexity index is 1020. The fourth-order valence-corrected chi connectivity index (χ4v) is 4.42. The molecule has 2 heterocycles. The first-order valence-corrected chi connectivity index (χ1v) is 11.8. The third kappa shape index (κ3) is 5.39. The van der Waals surface area contributed by atoms with Gasteiger partial charge in [-0.1, -0.05) is 32.0 Å². The maximum absolute atomic E-state index is 13.6. The fraction of sp³-hybridized carbons (Fsp3) is 0.462. The molecule has 4 rings (SSSR count). The largest absolute Gasteiger partial charge is 0.481 e. The monoisotopic (exact) mass is 469 g/mol. The van der Waals surface area contributed by atoms with Crippen LogP contribution < -0.4 is 10.2 Å². The van der Waals surface area contributed by atoms with Crippen LogP contribution in [-0.4, -0.2) is 60.7 Å². The molecule has 0 unspecified atom stereocenters. The van der Waals surface area contributed by atoms with Crippen molar-refractivity contribution in [2.24, 2.45) is 5.92 Å². The van der Waals surface area contributed by atoms with Gasteiger partial charge in [0.25, 0.3) is 5.91 Å². The summed E-state index contributed by atoms with van der Waals surface area (Å²) in [5.74, 6) is -0.114. The van der Waals surface area contributed by atoms with Crippen molar-refractivity contribution in [1.82, 2.24) is 15.3 Å². The second-order valence-electron chi connectivity index (χ2n) is 9.09. The molecule has 2 aromatic carbocycles. The summed E-state index contributed by atoms with van der Waals surface area (Å²) < 4.78 is 24.9. The predicted molar refractivity (Wildman–Crippen MR) is 126 cm³/mol. The van der Waals surface area contributed by atoms with Gasteiger partial charge in [0.1, 0.15) is 11.6 Å². The number of hydrogen-bond acceptors (Lipinski definition) is 5. The first-order valence-electron chi connectivity index (χ1n) is 11.8. The van der Waals surface area contributed by atoms with Crippen molar-refractivity contribution in [3.05, 3.63) is 65.0 Å². The molecule has 0 spiro atoms. The summed E-state index contributed by atoms with van der Waals surface area (Å²) in [7, 11) is 0. The molecular weight excluding hydrogens is 437 g/mol. The Morgan fingerprint density at radius 2 is 1.76 bits per heavy atom. The zero-order valence-electron chi connectivity index (χ0n) is 19.9. The summed E-state index contributed by atoms with van der Waals surface area (Å²) in [5.41, 5.74) is 5.76. The van der Waals surface area contributed by atoms with Gasteiger partial charge in [0.2, 0.25) is 5.91 Å². The highest BCUT2D eigenvalue weighted by molar-refractivity contribution is 5.80. The summed E-state index contributed by atoms with van der Waals surface area (Å²) in [6.07, 6.45) is 0.0147. The van der Waals surface area contributed by atoms with Crippen molar-refractivity contribution < 1.29 is 23.5 Å². The molecule has 2 aromatic rings. The van der Waals surface area contributed by atoms with Crippen LogP contribution in [0.15, 0.2) is 42.5 Å². The Morgan fingerprint density at radius 1 is 1.06 bits per heavy atom. The number of hydrogen-bond donors (Lipinski definition) is 1. The summed E-state index contributed by atoms with van der Waals surface area (Å²) in [5, 5.41) is 1.83. The van der Waals surface area contributed by atoms with Gasteiger partial charge in [-0.15, -0.1) is 0 Å². The lowest BCUT2D eigenvalue weighted by Gasteiger charge is -2.39. The number of morpholine rings is 1. The first-order chi connectivity index (χ1) is 16.3. The van der Waals surface area contributed by atoms with E-state index in [1.54, 1.807) is 19.1 Å². The minimum absolute atomic E-state index is 0.0459. The van der Waals surface area contributed by atoms with Gasteiger partial charge < -0.3 is 14.4 Å². The van der Waals surface area contributed by atoms with Crippen LogP contribution >= 0.6 is 0 Å². The second-order valence-corrected chi connectivity index (χ2v) is 9.09. The van der Waals surface area contributed by atoms with Crippen LogP contribution in [0.1, 0.15) is 43.5 Å². The van der Waals surface area contributed by atoms with Crippen LogP contribution in [0.5, 0.6) is 5.75 Å². The topological polar surface area (TPSA) is 71.1 Å². The number of amides is 2. The van der Waals surface area contributed by atoms with Crippen LogP contribution in [0.4, 0.5) is 4.39 Å². The summed E-state index contributed by atoms with van der Waals surface area (Å²) >= 11 is 0. The lowest BCUT2D eigenvalue weighted by atomic mass is 9.87. The van der Waals surface area contributed by atoms with Crippen molar-refractivity contribution in [2.75, 3.05) is 32.8 Å². The minimum Gasteiger partial charge on any atom is -0.481 e. The van der Waals surface area contributed by atoms with Gasteiger partial charge in [-0.05, 0) is 54.3 Å². The molecule has 1 fully saturated rings. The SMILES string of the molecule is CC(C)C(=O)N1CCc2ccc(O[C@@H](C)C(=O)NN3CCOCC3)cc2[C@H]1c1ccc(F)cc1. The van der Waals surface area contributed by atoms with Crippen molar-refractivity contribution in [3.63, 3.8) is 0 Å². The molecule has 0 bridgehead atoms. The molecule has 8 heteroatoms. The van der Waals surface area contributed by atoms with Crippen LogP contribution in [0, 0.1) is 11.7 Å². The maximum atomic E-state index is 13.6. The number of carbonyl (C=O) groups excluding carboxylic acids is 2. The van der Waals surface area contributed by atoms with E-state index in [1.807, 2.05) is 42.0 Å². The average Bonchev–Trinajstić information content (AvgIpc) is 2.84. The Balaban J connectivity index is 1.58. The second kappa shape index (κ2) is 10.5. The number of rotatable bonds is 6. The van der Waals surface area contributed by atoms with Crippen LogP contribution in [-0.2, 0) is 20.7 Å². The number of nitrogens with zero attached hydrogens (tertiary/aromatic N) is 2. The lowest BCUT2D eigenvalue weighted by Crippen LogP contribution is -2.51. The molecule has 0 radical (unpaired) electrons. The summed E-state index contributed by atoms with van der Waals surface area (Å²) in [6, 6.07) is 11.7. The molecule has 2 aliphatic rings. The standard InChI is InChI=1S/C26H32FN3O4/c1-17(2)26(32)30-11-10-19-6-9-22(16-23(19)24(30)20-4-7-21(27)8-5-20)34-18(3)25(31)28-29-12-14-33-15-13-29/h4-9,16-18,24H,10-15H2,1-3H3,(H,28,31)/t18-,24+/m0/s1. The van der Waals surface area contributed by atoms with Crippen molar-refractivity contribution >= 4 is 11.8 Å². The van der Waals surface area contributed by atoms with Gasteiger partial charge in [0.05, 0.1) is 19.3 Å². The molecule has 182 valence electrons. The van der Waals surface area contributed by atoms with Crippen molar-refractivity contribution in [3.8, 4) is 5.75 Å². The molecule has 2 amide bonds. The van der Waals surface area contributed by atoms with E-state index in [9.17, 15) is 14.0 Å². The highest BCUT2D eigenvalue weighted by Gasteiger charge is 2.33. The number of ether oxygens (including phenoxy) is 2. The highest BCUT2D eigenvalue weighted by Crippen LogP contribution is 2.38. The zero-order valence-corrected chi connectivity index (χ0v) is 19.9. The van der Waals surface area contributed by atoms with E-state index >= 15 is 0 Å². The van der Waals surface area contributed by atoms with Gasteiger partial charge >= 0.3 is 0 Å². The van der Waals surface area contributed by atoms with Crippen LogP contribution in [0.2, 0.25) is 0 Å². The number of nitrogens with one attached hydrogen (secondary N) is 1. The Morgan fingerprint density at radius 3 is 2.44 bits per heavy atom. The summed E-state index contributed by atoms with van der Waals surface area (Å²) in [6.45, 7) is 8.49. The number of benzene rings is 2. The summed E-state index contributed by atoms with van der Waals surface area (Å²) in [4.78, 5) is 27.5. The maximum Gasteiger partial charge on any atom is 0.275 e. The predicted octanol–water partition coefficient (Wildman–Crippen LogP) is 3.09. The molecule has 34 heavy (non-hydrogen) atoms. The molecular formula is C26H32FN3O4. The average molecular weight is 470 g/mol. The molecule has 2 aliphatic heterocycles. The van der Waals surface area contributed by atoms with E-state index in [2.05, 4.69) is 5.43 Å². The smallest absolute Gasteiger partial charge is 0.275 e. The molecule has 0 saturated carbocycles. The van der Waals surface area contributed by atoms with E-state index in [0.717, 1.165) is 23.1 Å². The lowest BCUT2D eigenvalue weighted by molar-refractivity contribution is -0.136. The van der Waals surface area contributed by atoms with Crippen molar-refractivity contribution in [2.45, 2.75) is 39.3 Å². The van der Waals surface area contributed by atoms with Gasteiger partial charge in [-0.3, -0.25) is 15.0 Å². The Hall–Kier alpha value is -2.97. The van der Waals surface area contributed by atoms with E-state index in [0.29, 0.717) is 38.6 Å². The molecule has 1 saturated heterocycles. The quantitative estimate of drug-likeness (QED) is 0.704. The van der Waals surface area contributed by atoms with Gasteiger partial charge in [-0.2, -0.15) is 0 Å². The van der Waals surface area contributed by atoms with E-state index in [4.69, 9.17) is 9.47 Å². The van der Waals surface area contributed by atoms with Gasteiger partial charge in [-0.25, -0.2) is 9.40 Å². The normalized spacial score (nSPS) is 19.4. The fourth-order valence-electron chi connectivity index (χ4n) is 4.42. The molecule has 7 nitrogen and oxygen atoms in total. The highest BCUT2D eigenvalue weighted by atomic mass is 19.1. The molecule has 1 N–H and O–H groups in total. The minimum atomic E-state index is -0.706. The zero-order chi connectivity index (χ0) is 24.2. The Kier molecular flexibility index (Phi) is 7.48.